The van der Waals surface area contributed by atoms with Crippen LogP contribution in [0.1, 0.15) is 24.8 Å². The average Bonchev–Trinajstić information content (AvgIpc) is 2.97. The van der Waals surface area contributed by atoms with Crippen molar-refractivity contribution >= 4 is 32.3 Å². The molecular weight excluding hydrogens is 576 g/mol. The molecule has 0 spiro atoms. The molecule has 1 atom stereocenters. The molecule has 0 radical (unpaired) electrons. The first-order valence-corrected chi connectivity index (χ1v) is 14.9. The van der Waals surface area contributed by atoms with Crippen LogP contribution in [-0.2, 0) is 10.0 Å². The molecule has 1 aliphatic rings. The molecule has 1 aliphatic heterocycles. The van der Waals surface area contributed by atoms with E-state index in [0.29, 0.717) is 22.5 Å². The quantitative estimate of drug-likeness (QED) is 0.206. The molecule has 4 aromatic rings. The Hall–Kier alpha value is -4.04. The Labute approximate surface area is 239 Å². The van der Waals surface area contributed by atoms with E-state index in [1.807, 2.05) is 10.8 Å². The van der Waals surface area contributed by atoms with Gasteiger partial charge in [0.15, 0.2) is 5.82 Å². The molecule has 2 aromatic carbocycles. The lowest BCUT2D eigenvalue weighted by atomic mass is 10.0. The van der Waals surface area contributed by atoms with Crippen molar-refractivity contribution in [3.8, 4) is 22.9 Å². The highest BCUT2D eigenvalue weighted by molar-refractivity contribution is 7.92. The minimum atomic E-state index is -4.68. The van der Waals surface area contributed by atoms with Crippen LogP contribution >= 0.6 is 0 Å². The van der Waals surface area contributed by atoms with E-state index in [1.165, 1.54) is 25.4 Å². The molecule has 3 heterocycles. The van der Waals surface area contributed by atoms with Gasteiger partial charge >= 0.3 is 6.18 Å². The van der Waals surface area contributed by atoms with Crippen LogP contribution in [0.5, 0.6) is 11.6 Å². The third kappa shape index (κ3) is 6.87. The van der Waals surface area contributed by atoms with Crippen LogP contribution in [0.15, 0.2) is 55.0 Å². The summed E-state index contributed by atoms with van der Waals surface area (Å²) in [5.74, 6) is -1.46. The third-order valence-electron chi connectivity index (χ3n) is 6.79. The van der Waals surface area contributed by atoms with E-state index in [4.69, 9.17) is 4.74 Å². The zero-order chi connectivity index (χ0) is 29.9. The number of hydrogen-bond acceptors (Lipinski definition) is 8. The van der Waals surface area contributed by atoms with E-state index in [9.17, 15) is 21.6 Å². The molecule has 0 unspecified atom stereocenters. The maximum absolute atomic E-state index is 15.7. The summed E-state index contributed by atoms with van der Waals surface area (Å²) in [7, 11) is -4.52. The fraction of sp³-hybridized carbons (Fsp3) is 0.321. The Balaban J connectivity index is 1.49. The van der Waals surface area contributed by atoms with E-state index in [2.05, 4.69) is 25.6 Å². The number of piperidine rings is 1. The number of sulfonamides is 1. The number of aromatic nitrogens is 3. The second-order valence-corrected chi connectivity index (χ2v) is 11.7. The molecule has 3 N–H and O–H groups in total. The van der Waals surface area contributed by atoms with E-state index >= 15 is 4.39 Å². The van der Waals surface area contributed by atoms with Gasteiger partial charge in [-0.15, -0.1) is 0 Å². The second-order valence-electron chi connectivity index (χ2n) is 9.90. The summed E-state index contributed by atoms with van der Waals surface area (Å²) in [6.07, 6.45) is 0.348. The lowest BCUT2D eigenvalue weighted by Crippen LogP contribution is -2.38. The van der Waals surface area contributed by atoms with Crippen LogP contribution in [0, 0.1) is 12.7 Å². The number of nitrogens with zero attached hydrogens (tertiary/aromatic N) is 3. The first kappa shape index (κ1) is 29.5. The maximum atomic E-state index is 15.7. The number of ether oxygens (including phenoxy) is 1. The molecule has 222 valence electrons. The SMILES string of the molecule is Cc1c(F)c(NS(=O)(=O)CCC(F)(F)F)c2ccccc2c1Oc1nccnc1-c1ccnc(N[C@H]2CCCNC2)c1. The fourth-order valence-corrected chi connectivity index (χ4v) is 5.84. The van der Waals surface area contributed by atoms with Gasteiger partial charge in [0.25, 0.3) is 0 Å². The molecule has 14 heteroatoms. The molecule has 0 aliphatic carbocycles. The number of fused-ring (bicyclic) bond motifs is 1. The molecule has 1 saturated heterocycles. The number of nitrogens with one attached hydrogen (secondary N) is 3. The van der Waals surface area contributed by atoms with Crippen molar-refractivity contribution in [2.75, 3.05) is 28.9 Å². The Bertz CT molecular complexity index is 1700. The van der Waals surface area contributed by atoms with E-state index in [0.717, 1.165) is 25.9 Å². The zero-order valence-electron chi connectivity index (χ0n) is 22.5. The predicted molar refractivity (Wildman–Crippen MR) is 152 cm³/mol. The van der Waals surface area contributed by atoms with Crippen molar-refractivity contribution in [1.82, 2.24) is 20.3 Å². The first-order valence-electron chi connectivity index (χ1n) is 13.2. The fourth-order valence-electron chi connectivity index (χ4n) is 4.73. The first-order chi connectivity index (χ1) is 20.0. The van der Waals surface area contributed by atoms with Gasteiger partial charge in [0.1, 0.15) is 17.3 Å². The molecule has 0 amide bonds. The van der Waals surface area contributed by atoms with E-state index in [-0.39, 0.29) is 28.6 Å². The summed E-state index contributed by atoms with van der Waals surface area (Å²) in [6.45, 7) is 3.18. The van der Waals surface area contributed by atoms with Gasteiger partial charge in [-0.1, -0.05) is 24.3 Å². The van der Waals surface area contributed by atoms with Crippen LogP contribution in [0.3, 0.4) is 0 Å². The topological polar surface area (TPSA) is 118 Å². The molecule has 1 fully saturated rings. The highest BCUT2D eigenvalue weighted by atomic mass is 32.2. The number of anilines is 2. The minimum Gasteiger partial charge on any atom is -0.436 e. The average molecular weight is 605 g/mol. The van der Waals surface area contributed by atoms with Crippen molar-refractivity contribution in [1.29, 1.82) is 0 Å². The monoisotopic (exact) mass is 604 g/mol. The molecule has 42 heavy (non-hydrogen) atoms. The third-order valence-corrected chi connectivity index (χ3v) is 8.04. The molecule has 0 saturated carbocycles. The number of hydrogen-bond donors (Lipinski definition) is 3. The number of pyridine rings is 1. The number of alkyl halides is 3. The minimum absolute atomic E-state index is 0.0591. The van der Waals surface area contributed by atoms with Crippen molar-refractivity contribution in [3.05, 3.63) is 66.4 Å². The second kappa shape index (κ2) is 12.1. The smallest absolute Gasteiger partial charge is 0.390 e. The van der Waals surface area contributed by atoms with Crippen LogP contribution in [0.4, 0.5) is 29.1 Å². The normalized spacial score (nSPS) is 15.9. The molecule has 0 bridgehead atoms. The van der Waals surface area contributed by atoms with Crippen LogP contribution in [-0.4, -0.2) is 54.4 Å². The molecule has 5 rings (SSSR count). The maximum Gasteiger partial charge on any atom is 0.390 e. The van der Waals surface area contributed by atoms with E-state index < -0.39 is 39.9 Å². The molecule has 9 nitrogen and oxygen atoms in total. The molecular formula is C28H28F4N6O3S. The lowest BCUT2D eigenvalue weighted by molar-refractivity contribution is -0.129. The van der Waals surface area contributed by atoms with Gasteiger partial charge in [0.2, 0.25) is 15.9 Å². The summed E-state index contributed by atoms with van der Waals surface area (Å²) < 4.78 is 86.8. The van der Waals surface area contributed by atoms with Gasteiger partial charge in [-0.25, -0.2) is 27.8 Å². The zero-order valence-corrected chi connectivity index (χ0v) is 23.3. The molecule has 2 aromatic heterocycles. The number of benzene rings is 2. The lowest BCUT2D eigenvalue weighted by Gasteiger charge is -2.24. The highest BCUT2D eigenvalue weighted by Crippen LogP contribution is 2.42. The summed E-state index contributed by atoms with van der Waals surface area (Å²) in [5.41, 5.74) is 0.487. The summed E-state index contributed by atoms with van der Waals surface area (Å²) in [5, 5.41) is 7.18. The Morgan fingerprint density at radius 1 is 1.07 bits per heavy atom. The van der Waals surface area contributed by atoms with Crippen LogP contribution < -0.4 is 20.1 Å². The summed E-state index contributed by atoms with van der Waals surface area (Å²) in [6, 6.07) is 10.0. The van der Waals surface area contributed by atoms with Crippen molar-refractivity contribution in [2.24, 2.45) is 0 Å². The van der Waals surface area contributed by atoms with Crippen LogP contribution in [0.25, 0.3) is 22.0 Å². The van der Waals surface area contributed by atoms with Crippen molar-refractivity contribution < 1.29 is 30.7 Å². The van der Waals surface area contributed by atoms with Gasteiger partial charge < -0.3 is 15.4 Å². The highest BCUT2D eigenvalue weighted by Gasteiger charge is 2.31. The van der Waals surface area contributed by atoms with Gasteiger partial charge in [0, 0.05) is 53.1 Å². The Morgan fingerprint density at radius 2 is 1.83 bits per heavy atom. The standard InChI is InChI=1S/C28H28F4N6O3S/c1-17-23(29)25(38-42(39,40)14-9-28(30,31)32)20-6-2-3-7-21(20)26(17)41-27-24(35-12-13-36-27)18-8-11-34-22(15-18)37-19-5-4-10-33-16-19/h2-3,6-8,11-13,15,19,33,38H,4-5,9-10,14,16H2,1H3,(H,34,37)/t19-/m0/s1. The summed E-state index contributed by atoms with van der Waals surface area (Å²) in [4.78, 5) is 13.2. The number of halogens is 4. The summed E-state index contributed by atoms with van der Waals surface area (Å²) >= 11 is 0. The number of rotatable bonds is 9. The largest absolute Gasteiger partial charge is 0.436 e. The van der Waals surface area contributed by atoms with Crippen LogP contribution in [0.2, 0.25) is 0 Å². The van der Waals surface area contributed by atoms with Gasteiger partial charge in [-0.3, -0.25) is 4.72 Å². The van der Waals surface area contributed by atoms with Crippen molar-refractivity contribution in [2.45, 2.75) is 38.4 Å². The Kier molecular flexibility index (Phi) is 8.45. The van der Waals surface area contributed by atoms with E-state index in [1.54, 1.807) is 30.5 Å². The van der Waals surface area contributed by atoms with Gasteiger partial charge in [-0.05, 0) is 38.4 Å². The van der Waals surface area contributed by atoms with Gasteiger partial charge in [-0.2, -0.15) is 13.2 Å². The predicted octanol–water partition coefficient (Wildman–Crippen LogP) is 5.79. The van der Waals surface area contributed by atoms with Gasteiger partial charge in [0.05, 0.1) is 17.9 Å². The Morgan fingerprint density at radius 3 is 2.57 bits per heavy atom. The van der Waals surface area contributed by atoms with Crippen molar-refractivity contribution in [3.63, 3.8) is 0 Å².